The number of hydrogen-bond donors (Lipinski definition) is 2. The van der Waals surface area contributed by atoms with E-state index in [2.05, 4.69) is 29.1 Å². The molecule has 1 rings (SSSR count). The number of carbonyl (C=O) groups is 1. The number of aromatic nitrogens is 2. The van der Waals surface area contributed by atoms with Gasteiger partial charge in [0.25, 0.3) is 0 Å². The minimum atomic E-state index is -0.775. The number of anilines is 1. The first kappa shape index (κ1) is 17.2. The third-order valence-corrected chi connectivity index (χ3v) is 2.94. The highest BCUT2D eigenvalue weighted by atomic mass is 16.5. The van der Waals surface area contributed by atoms with Crippen LogP contribution >= 0.6 is 0 Å². The molecule has 1 unspecified atom stereocenters. The third kappa shape index (κ3) is 6.92. The molecule has 0 spiro atoms. The Morgan fingerprint density at radius 2 is 2.14 bits per heavy atom. The van der Waals surface area contributed by atoms with Gasteiger partial charge < -0.3 is 15.2 Å². The van der Waals surface area contributed by atoms with Crippen molar-refractivity contribution in [3.63, 3.8) is 0 Å². The van der Waals surface area contributed by atoms with Crippen molar-refractivity contribution in [3.8, 4) is 5.88 Å². The lowest BCUT2D eigenvalue weighted by molar-refractivity contribution is -0.138. The summed E-state index contributed by atoms with van der Waals surface area (Å²) in [5, 5.41) is 12.1. The normalized spacial score (nSPS) is 12.2. The zero-order chi connectivity index (χ0) is 15.8. The van der Waals surface area contributed by atoms with E-state index >= 15 is 0 Å². The van der Waals surface area contributed by atoms with Gasteiger partial charge >= 0.3 is 5.97 Å². The van der Waals surface area contributed by atoms with Crippen LogP contribution in [-0.4, -0.2) is 34.2 Å². The van der Waals surface area contributed by atoms with Crippen molar-refractivity contribution < 1.29 is 14.6 Å². The Bertz CT molecular complexity index is 463. The van der Waals surface area contributed by atoms with E-state index in [0.29, 0.717) is 30.9 Å². The lowest BCUT2D eigenvalue weighted by Crippen LogP contribution is -2.20. The lowest BCUT2D eigenvalue weighted by atomic mass is 9.94. The van der Waals surface area contributed by atoms with Crippen LogP contribution < -0.4 is 10.1 Å². The number of ether oxygens (including phenoxy) is 1. The molecule has 0 amide bonds. The van der Waals surface area contributed by atoms with Gasteiger partial charge in [0, 0.05) is 24.7 Å². The van der Waals surface area contributed by atoms with Gasteiger partial charge in [-0.2, -0.15) is 4.98 Å². The summed E-state index contributed by atoms with van der Waals surface area (Å²) in [6.45, 7) is 9.04. The summed E-state index contributed by atoms with van der Waals surface area (Å²) in [5.74, 6) is 0.752. The van der Waals surface area contributed by atoms with Gasteiger partial charge in [-0.3, -0.25) is 4.79 Å². The van der Waals surface area contributed by atoms with Crippen LogP contribution in [0.15, 0.2) is 6.07 Å². The van der Waals surface area contributed by atoms with Crippen molar-refractivity contribution in [3.05, 3.63) is 11.8 Å². The molecule has 0 bridgehead atoms. The molecule has 0 saturated heterocycles. The van der Waals surface area contributed by atoms with E-state index in [9.17, 15) is 4.79 Å². The zero-order valence-corrected chi connectivity index (χ0v) is 13.2. The van der Waals surface area contributed by atoms with Crippen LogP contribution in [0.4, 0.5) is 5.95 Å². The Kier molecular flexibility index (Phi) is 6.91. The maximum atomic E-state index is 10.9. The molecular formula is C15H25N3O3. The largest absolute Gasteiger partial charge is 0.481 e. The Balaban J connectivity index is 2.67. The van der Waals surface area contributed by atoms with Crippen molar-refractivity contribution >= 4 is 11.9 Å². The topological polar surface area (TPSA) is 84.3 Å². The van der Waals surface area contributed by atoms with Crippen molar-refractivity contribution in [2.75, 3.05) is 18.5 Å². The summed E-state index contributed by atoms with van der Waals surface area (Å²) in [7, 11) is 0. The molecule has 1 aromatic heterocycles. The Morgan fingerprint density at radius 3 is 2.71 bits per heavy atom. The van der Waals surface area contributed by atoms with Crippen LogP contribution in [-0.2, 0) is 4.79 Å². The van der Waals surface area contributed by atoms with Crippen LogP contribution in [0.2, 0.25) is 0 Å². The standard InChI is InChI=1S/C15H25N3O3/c1-5-21-13-7-11(4)17-15(18-13)16-9-12(6-10(2)3)8-14(19)20/h7,10,12H,5-6,8-9H2,1-4H3,(H,19,20)(H,16,17,18). The predicted octanol–water partition coefficient (Wildman–Crippen LogP) is 2.73. The van der Waals surface area contributed by atoms with E-state index in [0.717, 1.165) is 12.1 Å². The van der Waals surface area contributed by atoms with Crippen LogP contribution in [0.1, 0.15) is 39.3 Å². The molecule has 0 saturated carbocycles. The average Bonchev–Trinajstić information content (AvgIpc) is 2.34. The minimum Gasteiger partial charge on any atom is -0.481 e. The van der Waals surface area contributed by atoms with Gasteiger partial charge in [-0.15, -0.1) is 0 Å². The van der Waals surface area contributed by atoms with Gasteiger partial charge in [0.2, 0.25) is 11.8 Å². The van der Waals surface area contributed by atoms with Crippen molar-refractivity contribution in [2.24, 2.45) is 11.8 Å². The number of carboxylic acid groups (broad SMARTS) is 1. The highest BCUT2D eigenvalue weighted by Crippen LogP contribution is 2.17. The number of hydrogen-bond acceptors (Lipinski definition) is 5. The Hall–Kier alpha value is -1.85. The Labute approximate surface area is 126 Å². The third-order valence-electron chi connectivity index (χ3n) is 2.94. The van der Waals surface area contributed by atoms with Crippen LogP contribution in [0.3, 0.4) is 0 Å². The maximum Gasteiger partial charge on any atom is 0.303 e. The molecule has 0 aromatic carbocycles. The van der Waals surface area contributed by atoms with E-state index in [-0.39, 0.29) is 12.3 Å². The molecule has 1 heterocycles. The number of rotatable bonds is 9. The van der Waals surface area contributed by atoms with Gasteiger partial charge in [-0.1, -0.05) is 13.8 Å². The summed E-state index contributed by atoms with van der Waals surface area (Å²) in [6, 6.07) is 1.78. The van der Waals surface area contributed by atoms with Gasteiger partial charge in [0.15, 0.2) is 0 Å². The molecule has 0 aliphatic heterocycles. The molecule has 0 fully saturated rings. The SMILES string of the molecule is CCOc1cc(C)nc(NCC(CC(=O)O)CC(C)C)n1. The number of aliphatic carboxylic acids is 1. The second-order valence-corrected chi connectivity index (χ2v) is 5.58. The highest BCUT2D eigenvalue weighted by Gasteiger charge is 2.15. The average molecular weight is 295 g/mol. The second-order valence-electron chi connectivity index (χ2n) is 5.58. The molecule has 0 aliphatic carbocycles. The monoisotopic (exact) mass is 295 g/mol. The number of nitrogens with one attached hydrogen (secondary N) is 1. The highest BCUT2D eigenvalue weighted by molar-refractivity contribution is 5.67. The molecule has 0 radical (unpaired) electrons. The first-order valence-corrected chi connectivity index (χ1v) is 7.34. The molecule has 1 atom stereocenters. The fourth-order valence-corrected chi connectivity index (χ4v) is 2.23. The van der Waals surface area contributed by atoms with E-state index in [1.165, 1.54) is 0 Å². The molecule has 2 N–H and O–H groups in total. The molecule has 118 valence electrons. The Morgan fingerprint density at radius 1 is 1.43 bits per heavy atom. The summed E-state index contributed by atoms with van der Waals surface area (Å²) in [5.41, 5.74) is 0.814. The molecule has 21 heavy (non-hydrogen) atoms. The van der Waals surface area contributed by atoms with Gasteiger partial charge in [0.05, 0.1) is 6.61 Å². The van der Waals surface area contributed by atoms with E-state index in [4.69, 9.17) is 9.84 Å². The van der Waals surface area contributed by atoms with Gasteiger partial charge in [-0.25, -0.2) is 4.98 Å². The molecule has 6 nitrogen and oxygen atoms in total. The van der Waals surface area contributed by atoms with Crippen molar-refractivity contribution in [1.82, 2.24) is 9.97 Å². The zero-order valence-electron chi connectivity index (χ0n) is 13.2. The van der Waals surface area contributed by atoms with E-state index < -0.39 is 5.97 Å². The van der Waals surface area contributed by atoms with Gasteiger partial charge in [0.1, 0.15) is 0 Å². The van der Waals surface area contributed by atoms with Crippen molar-refractivity contribution in [2.45, 2.75) is 40.5 Å². The maximum absolute atomic E-state index is 10.9. The van der Waals surface area contributed by atoms with Gasteiger partial charge in [-0.05, 0) is 32.1 Å². The predicted molar refractivity (Wildman–Crippen MR) is 81.6 cm³/mol. The summed E-state index contributed by atoms with van der Waals surface area (Å²) in [6.07, 6.45) is 0.999. The molecule has 1 aromatic rings. The van der Waals surface area contributed by atoms with Crippen LogP contribution in [0.25, 0.3) is 0 Å². The van der Waals surface area contributed by atoms with Crippen molar-refractivity contribution in [1.29, 1.82) is 0 Å². The number of nitrogens with zero attached hydrogens (tertiary/aromatic N) is 2. The van der Waals surface area contributed by atoms with Crippen LogP contribution in [0, 0.1) is 18.8 Å². The lowest BCUT2D eigenvalue weighted by Gasteiger charge is -2.18. The first-order chi connectivity index (χ1) is 9.90. The fraction of sp³-hybridized carbons (Fsp3) is 0.667. The van der Waals surface area contributed by atoms with Crippen LogP contribution in [0.5, 0.6) is 5.88 Å². The minimum absolute atomic E-state index is 0.0576. The molecule has 0 aliphatic rings. The fourth-order valence-electron chi connectivity index (χ4n) is 2.23. The summed E-state index contributed by atoms with van der Waals surface area (Å²) < 4.78 is 5.38. The number of aryl methyl sites for hydroxylation is 1. The molecular weight excluding hydrogens is 270 g/mol. The van der Waals surface area contributed by atoms with E-state index in [1.54, 1.807) is 6.07 Å². The summed E-state index contributed by atoms with van der Waals surface area (Å²) in [4.78, 5) is 19.5. The van der Waals surface area contributed by atoms with E-state index in [1.807, 2.05) is 13.8 Å². The first-order valence-electron chi connectivity index (χ1n) is 7.34. The summed E-state index contributed by atoms with van der Waals surface area (Å²) >= 11 is 0. The second kappa shape index (κ2) is 8.44. The smallest absolute Gasteiger partial charge is 0.303 e. The molecule has 6 heteroatoms. The number of carboxylic acids is 1. The quantitative estimate of drug-likeness (QED) is 0.728.